The number of aromatic nitrogens is 1. The summed E-state index contributed by atoms with van der Waals surface area (Å²) in [7, 11) is 0. The van der Waals surface area contributed by atoms with Gasteiger partial charge in [0.2, 0.25) is 0 Å². The van der Waals surface area contributed by atoms with E-state index in [-0.39, 0.29) is 0 Å². The van der Waals surface area contributed by atoms with Crippen LogP contribution in [0.5, 0.6) is 0 Å². The molecule has 1 aliphatic heterocycles. The Morgan fingerprint density at radius 2 is 2.20 bits per heavy atom. The van der Waals surface area contributed by atoms with Crippen molar-refractivity contribution in [3.05, 3.63) is 34.1 Å². The third-order valence-corrected chi connectivity index (χ3v) is 3.05. The van der Waals surface area contributed by atoms with Crippen molar-refractivity contribution in [1.82, 2.24) is 10.3 Å². The second-order valence-corrected chi connectivity index (χ2v) is 4.72. The van der Waals surface area contributed by atoms with E-state index in [1.807, 2.05) is 12.3 Å². The summed E-state index contributed by atoms with van der Waals surface area (Å²) in [6, 6.07) is 4.09. The average molecular weight is 267 g/mol. The Hall–Kier alpha value is -0.670. The fraction of sp³-hybridized carbons (Fsp3) is 0.417. The smallest absolute Gasteiger partial charge is 0.0630 e. The van der Waals surface area contributed by atoms with Crippen molar-refractivity contribution < 1.29 is 0 Å². The maximum atomic E-state index is 4.36. The van der Waals surface area contributed by atoms with Crippen LogP contribution in [0.1, 0.15) is 25.0 Å². The zero-order valence-electron chi connectivity index (χ0n) is 8.67. The summed E-state index contributed by atoms with van der Waals surface area (Å²) in [4.78, 5) is 4.36. The molecular formula is C12H15BrN2. The van der Waals surface area contributed by atoms with E-state index in [0.29, 0.717) is 0 Å². The number of pyridine rings is 1. The zero-order valence-corrected chi connectivity index (χ0v) is 10.3. The SMILES string of the molecule is Brc1ccc(/C=C2/CCCNCC2)nc1. The molecule has 1 N–H and O–H groups in total. The molecule has 0 bridgehead atoms. The Morgan fingerprint density at radius 3 is 3.00 bits per heavy atom. The topological polar surface area (TPSA) is 24.9 Å². The maximum Gasteiger partial charge on any atom is 0.0630 e. The van der Waals surface area contributed by atoms with E-state index in [1.54, 1.807) is 0 Å². The molecule has 2 heterocycles. The minimum Gasteiger partial charge on any atom is -0.316 e. The van der Waals surface area contributed by atoms with Crippen LogP contribution in [0.4, 0.5) is 0 Å². The van der Waals surface area contributed by atoms with E-state index in [9.17, 15) is 0 Å². The van der Waals surface area contributed by atoms with Crippen LogP contribution in [0.2, 0.25) is 0 Å². The van der Waals surface area contributed by atoms with Gasteiger partial charge in [-0.15, -0.1) is 0 Å². The summed E-state index contributed by atoms with van der Waals surface area (Å²) in [5, 5.41) is 3.40. The Bertz CT molecular complexity index is 333. The molecule has 0 radical (unpaired) electrons. The standard InChI is InChI=1S/C12H15BrN2/c13-11-3-4-12(15-9-11)8-10-2-1-6-14-7-5-10/h3-4,8-9,14H,1-2,5-7H2/b10-8-. The quantitative estimate of drug-likeness (QED) is 0.846. The molecule has 1 aromatic rings. The minimum atomic E-state index is 1.03. The van der Waals surface area contributed by atoms with Crippen LogP contribution in [0, 0.1) is 0 Å². The molecule has 1 saturated heterocycles. The molecule has 1 aliphatic rings. The highest BCUT2D eigenvalue weighted by Crippen LogP contribution is 2.16. The van der Waals surface area contributed by atoms with Crippen molar-refractivity contribution in [3.8, 4) is 0 Å². The molecule has 0 unspecified atom stereocenters. The molecule has 2 nitrogen and oxygen atoms in total. The van der Waals surface area contributed by atoms with Gasteiger partial charge in [-0.05, 0) is 66.5 Å². The molecule has 80 valence electrons. The molecule has 0 aromatic carbocycles. The van der Waals surface area contributed by atoms with Gasteiger partial charge < -0.3 is 5.32 Å². The Balaban J connectivity index is 2.10. The monoisotopic (exact) mass is 266 g/mol. The summed E-state index contributed by atoms with van der Waals surface area (Å²) < 4.78 is 1.03. The number of nitrogens with one attached hydrogen (secondary N) is 1. The molecule has 3 heteroatoms. The highest BCUT2D eigenvalue weighted by molar-refractivity contribution is 9.10. The van der Waals surface area contributed by atoms with Crippen molar-refractivity contribution in [1.29, 1.82) is 0 Å². The third kappa shape index (κ3) is 3.43. The second kappa shape index (κ2) is 5.42. The van der Waals surface area contributed by atoms with Gasteiger partial charge in [-0.2, -0.15) is 0 Å². The van der Waals surface area contributed by atoms with Gasteiger partial charge >= 0.3 is 0 Å². The van der Waals surface area contributed by atoms with Gasteiger partial charge in [0.05, 0.1) is 5.69 Å². The number of rotatable bonds is 1. The molecule has 1 fully saturated rings. The summed E-state index contributed by atoms with van der Waals surface area (Å²) in [5.41, 5.74) is 2.57. The highest BCUT2D eigenvalue weighted by Gasteiger charge is 2.03. The summed E-state index contributed by atoms with van der Waals surface area (Å²) in [5.74, 6) is 0. The molecule has 15 heavy (non-hydrogen) atoms. The molecule has 0 saturated carbocycles. The predicted molar refractivity (Wildman–Crippen MR) is 66.6 cm³/mol. The van der Waals surface area contributed by atoms with E-state index in [4.69, 9.17) is 0 Å². The van der Waals surface area contributed by atoms with E-state index in [0.717, 1.165) is 29.7 Å². The Labute approximate surface area is 98.9 Å². The van der Waals surface area contributed by atoms with Crippen LogP contribution in [0.3, 0.4) is 0 Å². The Kier molecular flexibility index (Phi) is 3.92. The highest BCUT2D eigenvalue weighted by atomic mass is 79.9. The van der Waals surface area contributed by atoms with E-state index in [2.05, 4.69) is 38.4 Å². The molecule has 0 amide bonds. The molecular weight excluding hydrogens is 252 g/mol. The largest absolute Gasteiger partial charge is 0.316 e. The van der Waals surface area contributed by atoms with Gasteiger partial charge in [0.25, 0.3) is 0 Å². The van der Waals surface area contributed by atoms with Crippen LogP contribution in [-0.4, -0.2) is 18.1 Å². The summed E-state index contributed by atoms with van der Waals surface area (Å²) in [6.07, 6.45) is 7.66. The van der Waals surface area contributed by atoms with Crippen LogP contribution in [0.15, 0.2) is 28.4 Å². The van der Waals surface area contributed by atoms with Crippen molar-refractivity contribution in [2.24, 2.45) is 0 Å². The molecule has 1 aromatic heterocycles. The number of hydrogen-bond acceptors (Lipinski definition) is 2. The maximum absolute atomic E-state index is 4.36. The van der Waals surface area contributed by atoms with Gasteiger partial charge in [0.1, 0.15) is 0 Å². The van der Waals surface area contributed by atoms with Gasteiger partial charge in [0.15, 0.2) is 0 Å². The lowest BCUT2D eigenvalue weighted by Gasteiger charge is -2.01. The van der Waals surface area contributed by atoms with Gasteiger partial charge in [-0.25, -0.2) is 0 Å². The van der Waals surface area contributed by atoms with Crippen LogP contribution >= 0.6 is 15.9 Å². The fourth-order valence-corrected chi connectivity index (χ4v) is 2.00. The lowest BCUT2D eigenvalue weighted by molar-refractivity contribution is 0.703. The Morgan fingerprint density at radius 1 is 1.27 bits per heavy atom. The lowest BCUT2D eigenvalue weighted by atomic mass is 10.1. The van der Waals surface area contributed by atoms with Gasteiger partial charge in [-0.3, -0.25) is 4.98 Å². The van der Waals surface area contributed by atoms with E-state index >= 15 is 0 Å². The summed E-state index contributed by atoms with van der Waals surface area (Å²) >= 11 is 3.39. The minimum absolute atomic E-state index is 1.03. The number of nitrogens with zero attached hydrogens (tertiary/aromatic N) is 1. The predicted octanol–water partition coefficient (Wildman–Crippen LogP) is 3.00. The van der Waals surface area contributed by atoms with Crippen molar-refractivity contribution in [2.45, 2.75) is 19.3 Å². The van der Waals surface area contributed by atoms with Crippen molar-refractivity contribution in [3.63, 3.8) is 0 Å². The molecule has 2 rings (SSSR count). The first-order chi connectivity index (χ1) is 7.34. The lowest BCUT2D eigenvalue weighted by Crippen LogP contribution is -2.13. The third-order valence-electron chi connectivity index (χ3n) is 2.58. The first-order valence-corrected chi connectivity index (χ1v) is 6.15. The summed E-state index contributed by atoms with van der Waals surface area (Å²) in [6.45, 7) is 2.24. The zero-order chi connectivity index (χ0) is 10.5. The normalized spacial score (nSPS) is 20.2. The molecule has 0 aliphatic carbocycles. The van der Waals surface area contributed by atoms with E-state index < -0.39 is 0 Å². The molecule has 0 atom stereocenters. The second-order valence-electron chi connectivity index (χ2n) is 3.81. The first kappa shape index (κ1) is 10.8. The fourth-order valence-electron chi connectivity index (χ4n) is 1.77. The van der Waals surface area contributed by atoms with Gasteiger partial charge in [-0.1, -0.05) is 5.57 Å². The number of halogens is 1. The average Bonchev–Trinajstić information content (AvgIpc) is 2.50. The van der Waals surface area contributed by atoms with Crippen LogP contribution in [-0.2, 0) is 0 Å². The van der Waals surface area contributed by atoms with Crippen LogP contribution in [0.25, 0.3) is 6.08 Å². The first-order valence-electron chi connectivity index (χ1n) is 5.36. The van der Waals surface area contributed by atoms with E-state index in [1.165, 1.54) is 18.4 Å². The molecule has 0 spiro atoms. The van der Waals surface area contributed by atoms with Crippen LogP contribution < -0.4 is 5.32 Å². The van der Waals surface area contributed by atoms with Crippen molar-refractivity contribution >= 4 is 22.0 Å². The van der Waals surface area contributed by atoms with Gasteiger partial charge in [0, 0.05) is 10.7 Å². The number of hydrogen-bond donors (Lipinski definition) is 1. The van der Waals surface area contributed by atoms with Crippen molar-refractivity contribution in [2.75, 3.05) is 13.1 Å².